The van der Waals surface area contributed by atoms with Gasteiger partial charge in [-0.1, -0.05) is 12.1 Å². The maximum absolute atomic E-state index is 13.6. The van der Waals surface area contributed by atoms with E-state index >= 15 is 0 Å². The smallest absolute Gasteiger partial charge is 0.149 e. The van der Waals surface area contributed by atoms with Gasteiger partial charge < -0.3 is 15.1 Å². The van der Waals surface area contributed by atoms with Gasteiger partial charge in [-0.3, -0.25) is 4.68 Å². The number of benzene rings is 3. The van der Waals surface area contributed by atoms with Crippen LogP contribution in [-0.2, 0) is 16.4 Å². The van der Waals surface area contributed by atoms with Crippen LogP contribution >= 0.6 is 0 Å². The molecule has 0 radical (unpaired) electrons. The molecule has 0 saturated carbocycles. The Morgan fingerprint density at radius 3 is 2.71 bits per heavy atom. The third-order valence-corrected chi connectivity index (χ3v) is 7.77. The SMILES string of the molecule is CNC(CS(C)(=O)=O)c1ccc(-c2ccc3ncnc(Nc4ccc5c(cnn5Cc5cccc(F)c5)c4)c3c2)o1. The summed E-state index contributed by atoms with van der Waals surface area (Å²) in [5, 5.41) is 12.6. The van der Waals surface area contributed by atoms with E-state index in [0.29, 0.717) is 23.9 Å². The molecule has 0 amide bonds. The molecular formula is C30H27FN6O3S. The number of nitrogens with zero attached hydrogens (tertiary/aromatic N) is 4. The Bertz CT molecular complexity index is 1990. The average Bonchev–Trinajstić information content (AvgIpc) is 3.59. The zero-order valence-corrected chi connectivity index (χ0v) is 23.2. The summed E-state index contributed by atoms with van der Waals surface area (Å²) in [6.45, 7) is 0.463. The van der Waals surface area contributed by atoms with Gasteiger partial charge in [-0.2, -0.15) is 5.10 Å². The monoisotopic (exact) mass is 570 g/mol. The van der Waals surface area contributed by atoms with E-state index in [-0.39, 0.29) is 11.6 Å². The van der Waals surface area contributed by atoms with Crippen molar-refractivity contribution < 1.29 is 17.2 Å². The lowest BCUT2D eigenvalue weighted by Gasteiger charge is -2.12. The van der Waals surface area contributed by atoms with E-state index in [1.807, 2.05) is 53.2 Å². The van der Waals surface area contributed by atoms with Crippen LogP contribution in [-0.4, -0.2) is 47.2 Å². The lowest BCUT2D eigenvalue weighted by molar-refractivity contribution is 0.456. The molecule has 3 aromatic carbocycles. The molecule has 0 saturated heterocycles. The van der Waals surface area contributed by atoms with Crippen molar-refractivity contribution in [1.29, 1.82) is 0 Å². The van der Waals surface area contributed by atoms with Gasteiger partial charge in [0.05, 0.1) is 35.6 Å². The molecule has 1 atom stereocenters. The van der Waals surface area contributed by atoms with Crippen LogP contribution in [0.25, 0.3) is 33.1 Å². The maximum atomic E-state index is 13.6. The largest absolute Gasteiger partial charge is 0.459 e. The highest BCUT2D eigenvalue weighted by Gasteiger charge is 2.20. The Labute approximate surface area is 236 Å². The minimum atomic E-state index is -3.20. The lowest BCUT2D eigenvalue weighted by Crippen LogP contribution is -2.24. The number of hydrogen-bond donors (Lipinski definition) is 2. The minimum Gasteiger partial charge on any atom is -0.459 e. The van der Waals surface area contributed by atoms with Gasteiger partial charge in [-0.05, 0) is 73.3 Å². The number of anilines is 2. The van der Waals surface area contributed by atoms with E-state index in [1.165, 1.54) is 24.7 Å². The second-order valence-corrected chi connectivity index (χ2v) is 12.1. The Hall–Kier alpha value is -4.61. The molecule has 208 valence electrons. The van der Waals surface area contributed by atoms with Crippen molar-refractivity contribution in [2.75, 3.05) is 24.4 Å². The quantitative estimate of drug-likeness (QED) is 0.235. The topological polar surface area (TPSA) is 115 Å². The molecule has 3 heterocycles. The van der Waals surface area contributed by atoms with Gasteiger partial charge in [0.15, 0.2) is 0 Å². The summed E-state index contributed by atoms with van der Waals surface area (Å²) >= 11 is 0. The molecule has 0 spiro atoms. The second kappa shape index (κ2) is 10.8. The number of nitrogens with one attached hydrogen (secondary N) is 2. The summed E-state index contributed by atoms with van der Waals surface area (Å²) < 4.78 is 45.2. The van der Waals surface area contributed by atoms with Gasteiger partial charge in [-0.15, -0.1) is 0 Å². The van der Waals surface area contributed by atoms with Crippen molar-refractivity contribution in [1.82, 2.24) is 25.1 Å². The molecule has 9 nitrogen and oxygen atoms in total. The summed E-state index contributed by atoms with van der Waals surface area (Å²) in [7, 11) is -1.49. The zero-order chi connectivity index (χ0) is 28.6. The number of aromatic nitrogens is 4. The molecule has 0 aliphatic rings. The summed E-state index contributed by atoms with van der Waals surface area (Å²) in [4.78, 5) is 8.89. The fraction of sp³-hybridized carbons (Fsp3) is 0.167. The first-order chi connectivity index (χ1) is 19.8. The average molecular weight is 571 g/mol. The standard InChI is InChI=1S/C30H27FN6O3S/c1-32-26(17-41(2,38)39)29-11-10-28(40-29)20-6-8-25-24(14-20)30(34-18-33-25)36-23-7-9-27-21(13-23)15-35-37(27)16-19-4-3-5-22(31)12-19/h3-15,18,26,32H,16-17H2,1-2H3,(H,33,34,36). The van der Waals surface area contributed by atoms with E-state index < -0.39 is 15.9 Å². The van der Waals surface area contributed by atoms with Gasteiger partial charge in [0.2, 0.25) is 0 Å². The van der Waals surface area contributed by atoms with Gasteiger partial charge in [-0.25, -0.2) is 22.8 Å². The number of furan rings is 1. The van der Waals surface area contributed by atoms with Crippen LogP contribution < -0.4 is 10.6 Å². The van der Waals surface area contributed by atoms with E-state index in [9.17, 15) is 12.8 Å². The van der Waals surface area contributed by atoms with E-state index in [0.717, 1.165) is 38.6 Å². The molecule has 0 bridgehead atoms. The molecular weight excluding hydrogens is 543 g/mol. The zero-order valence-electron chi connectivity index (χ0n) is 22.4. The van der Waals surface area contributed by atoms with Crippen molar-refractivity contribution in [3.05, 3.63) is 102 Å². The number of hydrogen-bond acceptors (Lipinski definition) is 8. The molecule has 6 rings (SSSR count). The highest BCUT2D eigenvalue weighted by atomic mass is 32.2. The predicted octanol–water partition coefficient (Wildman–Crippen LogP) is 5.48. The number of rotatable bonds is 9. The van der Waals surface area contributed by atoms with Crippen LogP contribution in [0.4, 0.5) is 15.9 Å². The fourth-order valence-corrected chi connectivity index (χ4v) is 5.79. The Balaban J connectivity index is 1.27. The van der Waals surface area contributed by atoms with Gasteiger partial charge in [0, 0.05) is 28.3 Å². The van der Waals surface area contributed by atoms with Crippen molar-refractivity contribution >= 4 is 43.1 Å². The van der Waals surface area contributed by atoms with E-state index in [4.69, 9.17) is 4.42 Å². The third kappa shape index (κ3) is 5.81. The van der Waals surface area contributed by atoms with Crippen molar-refractivity contribution in [2.45, 2.75) is 12.6 Å². The molecule has 0 fully saturated rings. The first kappa shape index (κ1) is 26.6. The second-order valence-electron chi connectivity index (χ2n) is 9.92. The maximum Gasteiger partial charge on any atom is 0.149 e. The Morgan fingerprint density at radius 2 is 1.90 bits per heavy atom. The normalized spacial score (nSPS) is 12.7. The molecule has 41 heavy (non-hydrogen) atoms. The van der Waals surface area contributed by atoms with Crippen LogP contribution in [0.1, 0.15) is 17.4 Å². The summed E-state index contributed by atoms with van der Waals surface area (Å²) in [5.41, 5.74) is 4.16. The van der Waals surface area contributed by atoms with Crippen molar-refractivity contribution in [3.63, 3.8) is 0 Å². The number of sulfone groups is 1. The number of fused-ring (bicyclic) bond motifs is 2. The molecule has 2 N–H and O–H groups in total. The highest BCUT2D eigenvalue weighted by Crippen LogP contribution is 2.31. The molecule has 0 aliphatic heterocycles. The highest BCUT2D eigenvalue weighted by molar-refractivity contribution is 7.90. The van der Waals surface area contributed by atoms with Crippen LogP contribution in [0.15, 0.2) is 89.7 Å². The van der Waals surface area contributed by atoms with Crippen molar-refractivity contribution in [3.8, 4) is 11.3 Å². The fourth-order valence-electron chi connectivity index (χ4n) is 4.85. The number of halogens is 1. The van der Waals surface area contributed by atoms with Crippen LogP contribution in [0, 0.1) is 5.82 Å². The van der Waals surface area contributed by atoms with Crippen LogP contribution in [0.2, 0.25) is 0 Å². The molecule has 1 unspecified atom stereocenters. The minimum absolute atomic E-state index is 0.0653. The van der Waals surface area contributed by atoms with E-state index in [1.54, 1.807) is 25.4 Å². The molecule has 0 aliphatic carbocycles. The van der Waals surface area contributed by atoms with E-state index in [2.05, 4.69) is 25.7 Å². The lowest BCUT2D eigenvalue weighted by atomic mass is 10.1. The third-order valence-electron chi connectivity index (χ3n) is 6.83. The van der Waals surface area contributed by atoms with Crippen molar-refractivity contribution in [2.24, 2.45) is 0 Å². The summed E-state index contributed by atoms with van der Waals surface area (Å²) in [6.07, 6.45) is 4.50. The van der Waals surface area contributed by atoms with Crippen LogP contribution in [0.3, 0.4) is 0 Å². The summed E-state index contributed by atoms with van der Waals surface area (Å²) in [6, 6.07) is 21.3. The molecule has 11 heteroatoms. The first-order valence-electron chi connectivity index (χ1n) is 12.9. The molecule has 6 aromatic rings. The van der Waals surface area contributed by atoms with Gasteiger partial charge in [0.1, 0.15) is 39.3 Å². The van der Waals surface area contributed by atoms with Crippen LogP contribution in [0.5, 0.6) is 0 Å². The Morgan fingerprint density at radius 1 is 1.02 bits per heavy atom. The molecule has 3 aromatic heterocycles. The van der Waals surface area contributed by atoms with Gasteiger partial charge in [0.25, 0.3) is 0 Å². The summed E-state index contributed by atoms with van der Waals surface area (Å²) in [5.74, 6) is 1.44. The van der Waals surface area contributed by atoms with Gasteiger partial charge >= 0.3 is 0 Å². The Kier molecular flexibility index (Phi) is 6.98. The predicted molar refractivity (Wildman–Crippen MR) is 157 cm³/mol. The first-order valence-corrected chi connectivity index (χ1v) is 15.0.